The van der Waals surface area contributed by atoms with E-state index < -0.39 is 46.2 Å². The highest BCUT2D eigenvalue weighted by Gasteiger charge is 2.35. The highest BCUT2D eigenvalue weighted by atomic mass is 32.2. The van der Waals surface area contributed by atoms with E-state index >= 15 is 0 Å². The van der Waals surface area contributed by atoms with Crippen LogP contribution in [0.4, 0.5) is 18.9 Å². The van der Waals surface area contributed by atoms with Crippen LogP contribution in [-0.4, -0.2) is 51.4 Å². The summed E-state index contributed by atoms with van der Waals surface area (Å²) in [4.78, 5) is 27.7. The normalized spacial score (nSPS) is 12.3. The minimum Gasteiger partial charge on any atom is -0.497 e. The fourth-order valence-electron chi connectivity index (χ4n) is 3.99. The van der Waals surface area contributed by atoms with Crippen molar-refractivity contribution in [2.75, 3.05) is 24.5 Å². The first kappa shape index (κ1) is 31.5. The molecule has 0 aliphatic carbocycles. The summed E-state index contributed by atoms with van der Waals surface area (Å²) in [6.45, 7) is 2.83. The van der Waals surface area contributed by atoms with Crippen LogP contribution in [0.3, 0.4) is 0 Å². The molecule has 0 aliphatic rings. The standard InChI is InChI=1S/C29H32F3N3O5S/c1-4-17-33-28(37)21(2)34(19-22-13-15-25(40-3)16-14-22)27(36)20-35(41(38,39)26-11-6-5-7-12-26)24-10-8-9-23(18-24)29(30,31)32/h5-16,18,21H,4,17,19-20H2,1-3H3,(H,33,37)/t21-/m0/s1. The second kappa shape index (κ2) is 13.5. The highest BCUT2D eigenvalue weighted by molar-refractivity contribution is 7.92. The predicted octanol–water partition coefficient (Wildman–Crippen LogP) is 4.85. The van der Waals surface area contributed by atoms with Gasteiger partial charge in [-0.1, -0.05) is 43.3 Å². The fraction of sp³-hybridized carbons (Fsp3) is 0.310. The Labute approximate surface area is 237 Å². The first-order valence-electron chi connectivity index (χ1n) is 12.8. The van der Waals surface area contributed by atoms with Crippen molar-refractivity contribution in [3.05, 3.63) is 90.0 Å². The van der Waals surface area contributed by atoms with Gasteiger partial charge in [0.25, 0.3) is 10.0 Å². The number of methoxy groups -OCH3 is 1. The number of carbonyl (C=O) groups is 2. The number of sulfonamides is 1. The molecule has 220 valence electrons. The number of hydrogen-bond acceptors (Lipinski definition) is 5. The van der Waals surface area contributed by atoms with Gasteiger partial charge in [-0.15, -0.1) is 0 Å². The number of nitrogens with zero attached hydrogens (tertiary/aromatic N) is 2. The molecule has 0 unspecified atom stereocenters. The third-order valence-electron chi connectivity index (χ3n) is 6.30. The Balaban J connectivity index is 2.06. The molecule has 3 rings (SSSR count). The molecule has 0 bridgehead atoms. The van der Waals surface area contributed by atoms with E-state index in [1.54, 1.807) is 30.3 Å². The maximum absolute atomic E-state index is 13.8. The lowest BCUT2D eigenvalue weighted by Gasteiger charge is -2.32. The maximum atomic E-state index is 13.8. The second-order valence-corrected chi connectivity index (χ2v) is 11.1. The molecular weight excluding hydrogens is 559 g/mol. The van der Waals surface area contributed by atoms with Gasteiger partial charge in [0.05, 0.1) is 23.3 Å². The molecule has 0 heterocycles. The lowest BCUT2D eigenvalue weighted by Crippen LogP contribution is -2.51. The zero-order valence-electron chi connectivity index (χ0n) is 22.9. The zero-order chi connectivity index (χ0) is 30.2. The number of halogens is 3. The van der Waals surface area contributed by atoms with Gasteiger partial charge in [-0.3, -0.25) is 13.9 Å². The molecule has 0 aromatic heterocycles. The summed E-state index contributed by atoms with van der Waals surface area (Å²) in [6, 6.07) is 16.6. The zero-order valence-corrected chi connectivity index (χ0v) is 23.7. The lowest BCUT2D eigenvalue weighted by molar-refractivity contribution is -0.139. The van der Waals surface area contributed by atoms with E-state index in [0.29, 0.717) is 34.7 Å². The summed E-state index contributed by atoms with van der Waals surface area (Å²) >= 11 is 0. The topological polar surface area (TPSA) is 96.0 Å². The number of hydrogen-bond donors (Lipinski definition) is 1. The van der Waals surface area contributed by atoms with Crippen LogP contribution < -0.4 is 14.4 Å². The highest BCUT2D eigenvalue weighted by Crippen LogP contribution is 2.33. The third-order valence-corrected chi connectivity index (χ3v) is 8.09. The number of amides is 2. The molecule has 8 nitrogen and oxygen atoms in total. The Bertz CT molecular complexity index is 1430. The van der Waals surface area contributed by atoms with Gasteiger partial charge in [-0.25, -0.2) is 8.42 Å². The van der Waals surface area contributed by atoms with Gasteiger partial charge in [-0.05, 0) is 61.4 Å². The van der Waals surface area contributed by atoms with E-state index in [-0.39, 0.29) is 17.1 Å². The minimum absolute atomic E-state index is 0.0641. The van der Waals surface area contributed by atoms with Crippen LogP contribution in [-0.2, 0) is 32.3 Å². The van der Waals surface area contributed by atoms with Crippen molar-refractivity contribution in [2.45, 2.75) is 43.9 Å². The van der Waals surface area contributed by atoms with Crippen molar-refractivity contribution in [3.8, 4) is 5.75 Å². The Morgan fingerprint density at radius 3 is 2.22 bits per heavy atom. The summed E-state index contributed by atoms with van der Waals surface area (Å²) in [7, 11) is -2.99. The number of carbonyl (C=O) groups excluding carboxylic acids is 2. The van der Waals surface area contributed by atoms with Crippen LogP contribution >= 0.6 is 0 Å². The van der Waals surface area contributed by atoms with Gasteiger partial charge < -0.3 is 15.0 Å². The number of anilines is 1. The van der Waals surface area contributed by atoms with Crippen molar-refractivity contribution in [1.82, 2.24) is 10.2 Å². The molecule has 3 aromatic carbocycles. The molecule has 0 aliphatic heterocycles. The van der Waals surface area contributed by atoms with E-state index in [1.807, 2.05) is 6.92 Å². The molecule has 0 fully saturated rings. The van der Waals surface area contributed by atoms with Crippen LogP contribution in [0.25, 0.3) is 0 Å². The van der Waals surface area contributed by atoms with E-state index in [9.17, 15) is 31.2 Å². The Hall–Kier alpha value is -4.06. The molecule has 1 N–H and O–H groups in total. The largest absolute Gasteiger partial charge is 0.497 e. The molecular formula is C29H32F3N3O5S. The summed E-state index contributed by atoms with van der Waals surface area (Å²) in [5, 5.41) is 2.73. The third kappa shape index (κ3) is 8.00. The molecule has 12 heteroatoms. The van der Waals surface area contributed by atoms with Gasteiger partial charge in [0.2, 0.25) is 11.8 Å². The monoisotopic (exact) mass is 591 g/mol. The van der Waals surface area contributed by atoms with E-state index in [1.165, 1.54) is 49.3 Å². The number of nitrogens with one attached hydrogen (secondary N) is 1. The minimum atomic E-state index is -4.74. The molecule has 0 saturated carbocycles. The number of rotatable bonds is 12. The summed E-state index contributed by atoms with van der Waals surface area (Å²) < 4.78 is 73.8. The molecule has 3 aromatic rings. The smallest absolute Gasteiger partial charge is 0.416 e. The summed E-state index contributed by atoms with van der Waals surface area (Å²) in [5.74, 6) is -0.660. The van der Waals surface area contributed by atoms with E-state index in [0.717, 1.165) is 12.1 Å². The Morgan fingerprint density at radius 1 is 0.976 bits per heavy atom. The first-order chi connectivity index (χ1) is 19.4. The summed E-state index contributed by atoms with van der Waals surface area (Å²) in [6.07, 6.45) is -4.09. The average Bonchev–Trinajstić information content (AvgIpc) is 2.97. The van der Waals surface area contributed by atoms with E-state index in [2.05, 4.69) is 5.32 Å². The molecule has 2 amide bonds. The van der Waals surface area contributed by atoms with Crippen molar-refractivity contribution in [1.29, 1.82) is 0 Å². The van der Waals surface area contributed by atoms with Crippen molar-refractivity contribution < 1.29 is 35.9 Å². The van der Waals surface area contributed by atoms with Crippen molar-refractivity contribution >= 4 is 27.5 Å². The van der Waals surface area contributed by atoms with Gasteiger partial charge >= 0.3 is 6.18 Å². The van der Waals surface area contributed by atoms with Gasteiger partial charge in [-0.2, -0.15) is 13.2 Å². The Morgan fingerprint density at radius 2 is 1.63 bits per heavy atom. The molecule has 0 spiro atoms. The molecule has 1 atom stereocenters. The Kier molecular flexibility index (Phi) is 10.4. The maximum Gasteiger partial charge on any atom is 0.416 e. The van der Waals surface area contributed by atoms with E-state index in [4.69, 9.17) is 4.74 Å². The van der Waals surface area contributed by atoms with Crippen LogP contribution in [0.1, 0.15) is 31.4 Å². The van der Waals surface area contributed by atoms with Crippen LogP contribution in [0, 0.1) is 0 Å². The number of alkyl halides is 3. The van der Waals surface area contributed by atoms with Crippen LogP contribution in [0.15, 0.2) is 83.8 Å². The first-order valence-corrected chi connectivity index (χ1v) is 14.3. The quantitative estimate of drug-likeness (QED) is 0.325. The van der Waals surface area contributed by atoms with Gasteiger partial charge in [0.1, 0.15) is 18.3 Å². The van der Waals surface area contributed by atoms with Gasteiger partial charge in [0, 0.05) is 13.1 Å². The van der Waals surface area contributed by atoms with Gasteiger partial charge in [0.15, 0.2) is 0 Å². The SMILES string of the molecule is CCCNC(=O)[C@H](C)N(Cc1ccc(OC)cc1)C(=O)CN(c1cccc(C(F)(F)F)c1)S(=O)(=O)c1ccccc1. The predicted molar refractivity (Wildman–Crippen MR) is 149 cm³/mol. The lowest BCUT2D eigenvalue weighted by atomic mass is 10.1. The second-order valence-electron chi connectivity index (χ2n) is 9.21. The molecule has 0 saturated heterocycles. The molecule has 0 radical (unpaired) electrons. The van der Waals surface area contributed by atoms with Crippen molar-refractivity contribution in [3.63, 3.8) is 0 Å². The number of benzene rings is 3. The number of ether oxygens (including phenoxy) is 1. The average molecular weight is 592 g/mol. The fourth-order valence-corrected chi connectivity index (χ4v) is 5.42. The van der Waals surface area contributed by atoms with Crippen LogP contribution in [0.2, 0.25) is 0 Å². The summed E-state index contributed by atoms with van der Waals surface area (Å²) in [5.41, 5.74) is -0.784. The van der Waals surface area contributed by atoms with Crippen molar-refractivity contribution in [2.24, 2.45) is 0 Å². The van der Waals surface area contributed by atoms with Crippen LogP contribution in [0.5, 0.6) is 5.75 Å². The molecule has 41 heavy (non-hydrogen) atoms.